The highest BCUT2D eigenvalue weighted by Gasteiger charge is 2.50. The van der Waals surface area contributed by atoms with Crippen LogP contribution in [0.1, 0.15) is 38.5 Å². The van der Waals surface area contributed by atoms with Gasteiger partial charge in [-0.1, -0.05) is 12.8 Å². The Morgan fingerprint density at radius 2 is 1.82 bits per heavy atom. The van der Waals surface area contributed by atoms with E-state index in [1.54, 1.807) is 0 Å². The van der Waals surface area contributed by atoms with E-state index in [2.05, 4.69) is 17.3 Å². The van der Waals surface area contributed by atoms with Gasteiger partial charge in [-0.3, -0.25) is 4.90 Å². The van der Waals surface area contributed by atoms with Crippen molar-refractivity contribution >= 4 is 0 Å². The number of morpholine rings is 1. The van der Waals surface area contributed by atoms with Crippen LogP contribution < -0.4 is 5.32 Å². The Morgan fingerprint density at radius 1 is 1.18 bits per heavy atom. The maximum Gasteiger partial charge on any atom is 0.0594 e. The zero-order valence-electron chi connectivity index (χ0n) is 11.1. The molecule has 2 aliphatic carbocycles. The van der Waals surface area contributed by atoms with Crippen LogP contribution in [-0.2, 0) is 4.74 Å². The number of nitrogens with one attached hydrogen (secondary N) is 1. The highest BCUT2D eigenvalue weighted by molar-refractivity contribution is 5.08. The van der Waals surface area contributed by atoms with E-state index in [0.29, 0.717) is 5.54 Å². The van der Waals surface area contributed by atoms with Gasteiger partial charge in [-0.2, -0.15) is 0 Å². The van der Waals surface area contributed by atoms with Gasteiger partial charge in [-0.15, -0.1) is 0 Å². The van der Waals surface area contributed by atoms with Gasteiger partial charge in [0.2, 0.25) is 0 Å². The van der Waals surface area contributed by atoms with Gasteiger partial charge in [0.05, 0.1) is 13.2 Å². The summed E-state index contributed by atoms with van der Waals surface area (Å²) in [4.78, 5) is 2.75. The summed E-state index contributed by atoms with van der Waals surface area (Å²) in [5.41, 5.74) is 0.458. The van der Waals surface area contributed by atoms with Crippen molar-refractivity contribution in [2.24, 2.45) is 5.92 Å². The zero-order valence-corrected chi connectivity index (χ0v) is 11.1. The van der Waals surface area contributed by atoms with Crippen molar-refractivity contribution in [2.75, 3.05) is 33.4 Å². The van der Waals surface area contributed by atoms with Gasteiger partial charge >= 0.3 is 0 Å². The molecule has 0 aromatic heterocycles. The minimum absolute atomic E-state index is 0.458. The summed E-state index contributed by atoms with van der Waals surface area (Å²) in [6, 6.07) is 0.725. The molecule has 3 fully saturated rings. The number of ether oxygens (including phenoxy) is 1. The van der Waals surface area contributed by atoms with Crippen molar-refractivity contribution in [1.82, 2.24) is 10.2 Å². The first-order valence-electron chi connectivity index (χ1n) is 7.37. The summed E-state index contributed by atoms with van der Waals surface area (Å²) < 4.78 is 5.53. The molecule has 3 rings (SSSR count). The van der Waals surface area contributed by atoms with E-state index < -0.39 is 0 Å². The summed E-state index contributed by atoms with van der Waals surface area (Å²) in [5.74, 6) is 0.945. The van der Waals surface area contributed by atoms with Crippen LogP contribution in [0.15, 0.2) is 0 Å². The average molecular weight is 238 g/mol. The lowest BCUT2D eigenvalue weighted by Gasteiger charge is -2.48. The van der Waals surface area contributed by atoms with Crippen molar-refractivity contribution in [1.29, 1.82) is 0 Å². The largest absolute Gasteiger partial charge is 0.379 e. The standard InChI is InChI=1S/C14H26N2O/c1-15-13(12-4-5-12)14(6-2-3-7-14)16-8-10-17-11-9-16/h12-13,15H,2-11H2,1H3. The molecule has 1 aliphatic heterocycles. The van der Waals surface area contributed by atoms with Gasteiger partial charge in [-0.05, 0) is 38.6 Å². The minimum atomic E-state index is 0.458. The molecule has 98 valence electrons. The second-order valence-corrected chi connectivity index (χ2v) is 6.01. The maximum atomic E-state index is 5.53. The van der Waals surface area contributed by atoms with Crippen LogP contribution in [0.2, 0.25) is 0 Å². The molecule has 1 saturated heterocycles. The van der Waals surface area contributed by atoms with Crippen molar-refractivity contribution in [3.8, 4) is 0 Å². The molecule has 3 aliphatic rings. The highest BCUT2D eigenvalue weighted by atomic mass is 16.5. The van der Waals surface area contributed by atoms with E-state index in [1.165, 1.54) is 38.5 Å². The van der Waals surface area contributed by atoms with Gasteiger partial charge in [0.15, 0.2) is 0 Å². The Balaban J connectivity index is 1.80. The molecule has 2 saturated carbocycles. The van der Waals surface area contributed by atoms with Crippen molar-refractivity contribution in [3.63, 3.8) is 0 Å². The number of hydrogen-bond donors (Lipinski definition) is 1. The zero-order chi connectivity index (χ0) is 11.7. The van der Waals surface area contributed by atoms with E-state index in [9.17, 15) is 0 Å². The Morgan fingerprint density at radius 3 is 2.35 bits per heavy atom. The van der Waals surface area contributed by atoms with E-state index in [-0.39, 0.29) is 0 Å². The minimum Gasteiger partial charge on any atom is -0.379 e. The lowest BCUT2D eigenvalue weighted by Crippen LogP contribution is -2.62. The Kier molecular flexibility index (Phi) is 3.42. The van der Waals surface area contributed by atoms with E-state index in [1.807, 2.05) is 0 Å². The quantitative estimate of drug-likeness (QED) is 0.805. The second-order valence-electron chi connectivity index (χ2n) is 6.01. The van der Waals surface area contributed by atoms with Crippen LogP contribution in [0.25, 0.3) is 0 Å². The molecule has 1 heterocycles. The fourth-order valence-corrected chi connectivity index (χ4v) is 4.19. The maximum absolute atomic E-state index is 5.53. The third kappa shape index (κ3) is 2.13. The van der Waals surface area contributed by atoms with Gasteiger partial charge < -0.3 is 10.1 Å². The number of rotatable bonds is 4. The van der Waals surface area contributed by atoms with Crippen LogP contribution in [-0.4, -0.2) is 49.8 Å². The molecule has 0 radical (unpaired) electrons. The van der Waals surface area contributed by atoms with Gasteiger partial charge in [0.1, 0.15) is 0 Å². The van der Waals surface area contributed by atoms with E-state index >= 15 is 0 Å². The molecule has 3 nitrogen and oxygen atoms in total. The number of nitrogens with zero attached hydrogens (tertiary/aromatic N) is 1. The Hall–Kier alpha value is -0.120. The predicted octanol–water partition coefficient (Wildman–Crippen LogP) is 1.63. The molecule has 0 amide bonds. The predicted molar refractivity (Wildman–Crippen MR) is 69.2 cm³/mol. The average Bonchev–Trinajstić information content (AvgIpc) is 3.08. The van der Waals surface area contributed by atoms with Gasteiger partial charge in [-0.25, -0.2) is 0 Å². The molecular weight excluding hydrogens is 212 g/mol. The number of hydrogen-bond acceptors (Lipinski definition) is 3. The molecule has 0 spiro atoms. The van der Waals surface area contributed by atoms with Crippen LogP contribution in [0, 0.1) is 5.92 Å². The van der Waals surface area contributed by atoms with Crippen molar-refractivity contribution in [2.45, 2.75) is 50.1 Å². The fourth-order valence-electron chi connectivity index (χ4n) is 4.19. The summed E-state index contributed by atoms with van der Waals surface area (Å²) >= 11 is 0. The van der Waals surface area contributed by atoms with Crippen molar-refractivity contribution < 1.29 is 4.74 Å². The molecule has 1 unspecified atom stereocenters. The molecule has 0 aromatic carbocycles. The van der Waals surface area contributed by atoms with Crippen LogP contribution in [0.4, 0.5) is 0 Å². The first kappa shape index (κ1) is 11.9. The Bertz CT molecular complexity index is 253. The summed E-state index contributed by atoms with van der Waals surface area (Å²) in [6.07, 6.45) is 8.52. The van der Waals surface area contributed by atoms with Crippen LogP contribution in [0.5, 0.6) is 0 Å². The lowest BCUT2D eigenvalue weighted by atomic mass is 9.83. The third-order valence-electron chi connectivity index (χ3n) is 5.09. The van der Waals surface area contributed by atoms with Crippen molar-refractivity contribution in [3.05, 3.63) is 0 Å². The van der Waals surface area contributed by atoms with Gasteiger partial charge in [0, 0.05) is 24.7 Å². The monoisotopic (exact) mass is 238 g/mol. The molecule has 1 N–H and O–H groups in total. The first-order chi connectivity index (χ1) is 8.37. The summed E-state index contributed by atoms with van der Waals surface area (Å²) in [6.45, 7) is 4.15. The molecule has 3 heteroatoms. The topological polar surface area (TPSA) is 24.5 Å². The SMILES string of the molecule is CNC(C1CC1)C1(N2CCOCC2)CCCC1. The highest BCUT2D eigenvalue weighted by Crippen LogP contribution is 2.46. The first-order valence-corrected chi connectivity index (χ1v) is 7.37. The lowest BCUT2D eigenvalue weighted by molar-refractivity contribution is -0.0379. The Labute approximate surface area is 105 Å². The van der Waals surface area contributed by atoms with E-state index in [4.69, 9.17) is 4.74 Å². The smallest absolute Gasteiger partial charge is 0.0594 e. The van der Waals surface area contributed by atoms with Crippen LogP contribution >= 0.6 is 0 Å². The number of likely N-dealkylation sites (N-methyl/N-ethyl adjacent to an activating group) is 1. The molecular formula is C14H26N2O. The third-order valence-corrected chi connectivity index (χ3v) is 5.09. The van der Waals surface area contributed by atoms with E-state index in [0.717, 1.165) is 38.3 Å². The fraction of sp³-hybridized carbons (Fsp3) is 1.00. The van der Waals surface area contributed by atoms with Gasteiger partial charge in [0.25, 0.3) is 0 Å². The second kappa shape index (κ2) is 4.87. The summed E-state index contributed by atoms with van der Waals surface area (Å²) in [5, 5.41) is 3.66. The molecule has 1 atom stereocenters. The molecule has 0 aromatic rings. The van der Waals surface area contributed by atoms with Crippen LogP contribution in [0.3, 0.4) is 0 Å². The summed E-state index contributed by atoms with van der Waals surface area (Å²) in [7, 11) is 2.17. The molecule has 0 bridgehead atoms. The molecule has 17 heavy (non-hydrogen) atoms. The normalized spacial score (nSPS) is 31.6.